The molecule has 38 heavy (non-hydrogen) atoms. The van der Waals surface area contributed by atoms with Crippen molar-refractivity contribution in [3.63, 3.8) is 0 Å². The summed E-state index contributed by atoms with van der Waals surface area (Å²) in [5, 5.41) is 8.37. The number of carbonyl (C=O) groups is 1. The van der Waals surface area contributed by atoms with Gasteiger partial charge in [-0.05, 0) is 49.6 Å². The van der Waals surface area contributed by atoms with E-state index in [0.29, 0.717) is 36.2 Å². The molecule has 4 bridgehead atoms. The summed E-state index contributed by atoms with van der Waals surface area (Å²) in [7, 11) is 0. The summed E-state index contributed by atoms with van der Waals surface area (Å²) in [6, 6.07) is 7.65. The first-order valence-electron chi connectivity index (χ1n) is 11.4. The van der Waals surface area contributed by atoms with Gasteiger partial charge in [-0.15, -0.1) is 11.8 Å². The van der Waals surface area contributed by atoms with Gasteiger partial charge in [-0.1, -0.05) is 11.6 Å². The number of fused-ring (bicyclic) bond motifs is 5. The van der Waals surface area contributed by atoms with Gasteiger partial charge in [0.15, 0.2) is 5.82 Å². The molecule has 0 aliphatic carbocycles. The van der Waals surface area contributed by atoms with E-state index in [9.17, 15) is 18.0 Å². The zero-order chi connectivity index (χ0) is 27.0. The number of carbonyl (C=O) groups excluding carboxylic acids is 1. The van der Waals surface area contributed by atoms with E-state index >= 15 is 0 Å². The van der Waals surface area contributed by atoms with E-state index < -0.39 is 22.8 Å². The number of hydrazine groups is 2. The topological polar surface area (TPSA) is 108 Å². The van der Waals surface area contributed by atoms with Crippen molar-refractivity contribution in [1.29, 1.82) is 0 Å². The van der Waals surface area contributed by atoms with Crippen LogP contribution in [0.4, 0.5) is 41.0 Å². The summed E-state index contributed by atoms with van der Waals surface area (Å²) in [6.45, 7) is 3.07. The number of hydrogen-bond donors (Lipinski definition) is 3. The quantitative estimate of drug-likeness (QED) is 0.348. The Morgan fingerprint density at radius 2 is 1.87 bits per heavy atom. The van der Waals surface area contributed by atoms with Crippen molar-refractivity contribution in [2.75, 3.05) is 40.5 Å². The van der Waals surface area contributed by atoms with E-state index in [2.05, 4.69) is 31.0 Å². The Bertz CT molecular complexity index is 1360. The third kappa shape index (κ3) is 5.57. The van der Waals surface area contributed by atoms with Crippen LogP contribution < -0.4 is 21.2 Å². The Hall–Kier alpha value is -3.33. The Balaban J connectivity index is 1.36. The molecule has 3 unspecified atom stereocenters. The van der Waals surface area contributed by atoms with Crippen LogP contribution in [-0.4, -0.2) is 51.4 Å². The second kappa shape index (κ2) is 10.4. The highest BCUT2D eigenvalue weighted by Gasteiger charge is 2.37. The van der Waals surface area contributed by atoms with E-state index in [0.717, 1.165) is 17.0 Å². The maximum atomic E-state index is 13.2. The minimum absolute atomic E-state index is 0.0514. The normalized spacial score (nSPS) is 20.5. The Morgan fingerprint density at radius 1 is 1.13 bits per heavy atom. The SMILES string of the molecule is CSc1ccc(NC(=O)Nc2ccc(Cl)c(C(F)(F)F)c2)cc1NN1c2ncnc(n2)C2CN1CC(C)O2. The maximum Gasteiger partial charge on any atom is 0.417 e. The van der Waals surface area contributed by atoms with Gasteiger partial charge in [-0.3, -0.25) is 5.43 Å². The molecule has 2 aliphatic heterocycles. The van der Waals surface area contributed by atoms with E-state index in [1.807, 2.05) is 24.3 Å². The number of nitrogens with one attached hydrogen (secondary N) is 3. The second-order valence-corrected chi connectivity index (χ2v) is 9.82. The first-order valence-corrected chi connectivity index (χ1v) is 13.0. The highest BCUT2D eigenvalue weighted by Crippen LogP contribution is 2.37. The molecule has 0 spiro atoms. The van der Waals surface area contributed by atoms with Crippen LogP contribution in [0.25, 0.3) is 0 Å². The van der Waals surface area contributed by atoms with Gasteiger partial charge in [-0.2, -0.15) is 33.3 Å². The molecule has 1 fully saturated rings. The predicted molar refractivity (Wildman–Crippen MR) is 138 cm³/mol. The number of benzene rings is 2. The number of anilines is 4. The lowest BCUT2D eigenvalue weighted by molar-refractivity contribution is -0.137. The van der Waals surface area contributed by atoms with Crippen LogP contribution in [0.3, 0.4) is 0 Å². The predicted octanol–water partition coefficient (Wildman–Crippen LogP) is 5.43. The van der Waals surface area contributed by atoms with Gasteiger partial charge < -0.3 is 15.4 Å². The molecule has 1 saturated heterocycles. The fraction of sp³-hybridized carbons (Fsp3) is 0.304. The summed E-state index contributed by atoms with van der Waals surface area (Å²) >= 11 is 7.15. The highest BCUT2D eigenvalue weighted by atomic mass is 35.5. The molecular formula is C23H22ClF3N8O2S. The van der Waals surface area contributed by atoms with Crippen LogP contribution in [0.1, 0.15) is 24.4 Å². The monoisotopic (exact) mass is 566 g/mol. The molecule has 3 N–H and O–H groups in total. The lowest BCUT2D eigenvalue weighted by Crippen LogP contribution is -2.53. The van der Waals surface area contributed by atoms with Gasteiger partial charge >= 0.3 is 12.2 Å². The van der Waals surface area contributed by atoms with E-state index in [1.165, 1.54) is 24.2 Å². The lowest BCUT2D eigenvalue weighted by Gasteiger charge is -2.40. The summed E-state index contributed by atoms with van der Waals surface area (Å²) < 4.78 is 45.5. The zero-order valence-electron chi connectivity index (χ0n) is 20.1. The third-order valence-corrected chi connectivity index (χ3v) is 6.92. The number of ether oxygens (including phenoxy) is 1. The van der Waals surface area contributed by atoms with Crippen molar-refractivity contribution in [3.8, 4) is 0 Å². The van der Waals surface area contributed by atoms with Crippen molar-refractivity contribution in [2.24, 2.45) is 0 Å². The Morgan fingerprint density at radius 3 is 2.61 bits per heavy atom. The molecule has 3 heterocycles. The number of aromatic nitrogens is 3. The molecule has 3 atom stereocenters. The number of amides is 2. The zero-order valence-corrected chi connectivity index (χ0v) is 21.7. The number of thioether (sulfide) groups is 1. The van der Waals surface area contributed by atoms with Crippen molar-refractivity contribution < 1.29 is 22.7 Å². The van der Waals surface area contributed by atoms with E-state index in [1.54, 1.807) is 17.3 Å². The summed E-state index contributed by atoms with van der Waals surface area (Å²) in [4.78, 5) is 26.6. The smallest absolute Gasteiger partial charge is 0.364 e. The number of hydrogen-bond acceptors (Lipinski definition) is 9. The van der Waals surface area contributed by atoms with Crippen LogP contribution in [0.15, 0.2) is 47.6 Å². The molecule has 10 nitrogen and oxygen atoms in total. The Labute approximate surface area is 224 Å². The molecule has 2 aromatic carbocycles. The molecule has 1 aromatic heterocycles. The molecule has 0 saturated carbocycles. The van der Waals surface area contributed by atoms with Gasteiger partial charge in [0.1, 0.15) is 12.4 Å². The molecule has 15 heteroatoms. The van der Waals surface area contributed by atoms with Gasteiger partial charge in [0.25, 0.3) is 5.95 Å². The van der Waals surface area contributed by atoms with Crippen LogP contribution in [-0.2, 0) is 10.9 Å². The van der Waals surface area contributed by atoms with Gasteiger partial charge in [0.05, 0.1) is 28.9 Å². The number of morpholine rings is 1. The number of rotatable bonds is 5. The van der Waals surface area contributed by atoms with Crippen molar-refractivity contribution in [2.45, 2.75) is 30.2 Å². The molecule has 5 rings (SSSR count). The highest BCUT2D eigenvalue weighted by molar-refractivity contribution is 7.98. The molecule has 2 aliphatic rings. The lowest BCUT2D eigenvalue weighted by atomic mass is 10.2. The molecule has 3 aromatic rings. The van der Waals surface area contributed by atoms with Crippen LogP contribution >= 0.6 is 23.4 Å². The van der Waals surface area contributed by atoms with Crippen molar-refractivity contribution in [3.05, 3.63) is 59.1 Å². The summed E-state index contributed by atoms with van der Waals surface area (Å²) in [6.07, 6.45) is -1.67. The summed E-state index contributed by atoms with van der Waals surface area (Å²) in [5.41, 5.74) is 3.31. The first-order chi connectivity index (χ1) is 18.1. The average Bonchev–Trinajstić information content (AvgIpc) is 2.93. The average molecular weight is 567 g/mol. The number of nitrogens with zero attached hydrogens (tertiary/aromatic N) is 5. The number of halogens is 4. The van der Waals surface area contributed by atoms with Gasteiger partial charge in [0, 0.05) is 22.8 Å². The molecule has 200 valence electrons. The standard InChI is InChI=1S/C23H22ClF3N8O2S/c1-12-9-34-10-18(37-12)20-28-11-29-21(32-20)35(34)33-17-8-14(4-6-19(17)38-2)31-22(36)30-13-3-5-16(24)15(7-13)23(25,26)27/h3-8,11-12,18,33H,9-10H2,1-2H3,(H2,30,31,36). The molecule has 0 radical (unpaired) electrons. The van der Waals surface area contributed by atoms with Crippen LogP contribution in [0.2, 0.25) is 5.02 Å². The maximum absolute atomic E-state index is 13.2. The third-order valence-electron chi connectivity index (χ3n) is 5.79. The fourth-order valence-electron chi connectivity index (χ4n) is 4.14. The number of urea groups is 1. The minimum atomic E-state index is -4.65. The van der Waals surface area contributed by atoms with Gasteiger partial charge in [-0.25, -0.2) is 9.78 Å². The molecule has 2 amide bonds. The van der Waals surface area contributed by atoms with Crippen LogP contribution in [0, 0.1) is 0 Å². The fourth-order valence-corrected chi connectivity index (χ4v) is 4.89. The Kier molecular flexibility index (Phi) is 7.22. The van der Waals surface area contributed by atoms with E-state index in [-0.39, 0.29) is 17.9 Å². The van der Waals surface area contributed by atoms with Crippen molar-refractivity contribution >= 4 is 52.4 Å². The largest absolute Gasteiger partial charge is 0.417 e. The van der Waals surface area contributed by atoms with Gasteiger partial charge in [0.2, 0.25) is 0 Å². The minimum Gasteiger partial charge on any atom is -0.364 e. The van der Waals surface area contributed by atoms with E-state index in [4.69, 9.17) is 16.3 Å². The summed E-state index contributed by atoms with van der Waals surface area (Å²) in [5.74, 6) is 0.936. The molecular weight excluding hydrogens is 545 g/mol. The second-order valence-electron chi connectivity index (χ2n) is 8.56. The van der Waals surface area contributed by atoms with Crippen molar-refractivity contribution in [1.82, 2.24) is 20.0 Å². The van der Waals surface area contributed by atoms with Crippen LogP contribution in [0.5, 0.6) is 0 Å². The first kappa shape index (κ1) is 26.3. The number of alkyl halides is 3.